The first-order chi connectivity index (χ1) is 13.8. The van der Waals surface area contributed by atoms with Crippen LogP contribution in [-0.4, -0.2) is 39.2 Å². The van der Waals surface area contributed by atoms with Gasteiger partial charge in [0, 0.05) is 24.0 Å². The van der Waals surface area contributed by atoms with Crippen LogP contribution in [0.5, 0.6) is 0 Å². The molecule has 1 saturated heterocycles. The number of likely N-dealkylation sites (tertiary alicyclic amines) is 1. The Morgan fingerprint density at radius 1 is 1.14 bits per heavy atom. The first-order valence-electron chi connectivity index (χ1n) is 9.03. The first-order valence-corrected chi connectivity index (χ1v) is 9.91. The van der Waals surface area contributed by atoms with E-state index in [1.807, 2.05) is 4.90 Å². The van der Waals surface area contributed by atoms with E-state index in [9.17, 15) is 22.8 Å². The molecule has 0 radical (unpaired) electrons. The number of hydrogen-bond donors (Lipinski definition) is 1. The van der Waals surface area contributed by atoms with Gasteiger partial charge < -0.3 is 10.2 Å². The Balaban J connectivity index is 1.42. The van der Waals surface area contributed by atoms with Crippen LogP contribution in [0.15, 0.2) is 36.0 Å². The summed E-state index contributed by atoms with van der Waals surface area (Å²) in [5.41, 5.74) is 0.437. The van der Waals surface area contributed by atoms with Crippen LogP contribution in [0.4, 0.5) is 19.0 Å². The van der Waals surface area contributed by atoms with Gasteiger partial charge in [-0.3, -0.25) is 14.0 Å². The zero-order chi connectivity index (χ0) is 20.6. The van der Waals surface area contributed by atoms with Gasteiger partial charge in [0.2, 0.25) is 5.91 Å². The molecule has 29 heavy (non-hydrogen) atoms. The fourth-order valence-electron chi connectivity index (χ4n) is 3.31. The molecular formula is C19H17F3N4O2S. The van der Waals surface area contributed by atoms with Crippen LogP contribution < -0.4 is 5.32 Å². The van der Waals surface area contributed by atoms with E-state index < -0.39 is 17.8 Å². The van der Waals surface area contributed by atoms with Gasteiger partial charge in [0.15, 0.2) is 5.82 Å². The van der Waals surface area contributed by atoms with E-state index in [1.165, 1.54) is 0 Å². The summed E-state index contributed by atoms with van der Waals surface area (Å²) in [5.74, 6) is -0.320. The van der Waals surface area contributed by atoms with E-state index in [2.05, 4.69) is 10.3 Å². The lowest BCUT2D eigenvalue weighted by atomic mass is 10.1. The molecule has 2 aromatic heterocycles. The molecule has 1 aromatic carbocycles. The summed E-state index contributed by atoms with van der Waals surface area (Å²) in [4.78, 5) is 30.6. The maximum absolute atomic E-state index is 12.9. The average Bonchev–Trinajstić information content (AvgIpc) is 3.40. The Kier molecular flexibility index (Phi) is 5.03. The molecule has 0 bridgehead atoms. The molecular weight excluding hydrogens is 405 g/mol. The molecule has 0 unspecified atom stereocenters. The molecule has 1 N–H and O–H groups in total. The maximum atomic E-state index is 12.9. The number of nitrogens with one attached hydrogen (secondary N) is 1. The third-order valence-electron chi connectivity index (χ3n) is 4.77. The molecule has 1 aliphatic heterocycles. The normalized spacial score (nSPS) is 14.5. The van der Waals surface area contributed by atoms with Crippen LogP contribution in [0.3, 0.4) is 0 Å². The largest absolute Gasteiger partial charge is 0.432 e. The van der Waals surface area contributed by atoms with Crippen molar-refractivity contribution < 1.29 is 22.8 Å². The SMILES string of the molecule is O=C(Cc1ccc(C(=O)N2CCCC2)cc1)Nc1ncn2c(C(F)(F)F)csc12. The van der Waals surface area contributed by atoms with Gasteiger partial charge in [0.05, 0.1) is 6.42 Å². The molecule has 3 heterocycles. The summed E-state index contributed by atoms with van der Waals surface area (Å²) in [6, 6.07) is 6.79. The molecule has 0 atom stereocenters. The highest BCUT2D eigenvalue weighted by Gasteiger charge is 2.35. The van der Waals surface area contributed by atoms with Crippen LogP contribution in [0.1, 0.15) is 34.5 Å². The second-order valence-electron chi connectivity index (χ2n) is 6.81. The summed E-state index contributed by atoms with van der Waals surface area (Å²) in [7, 11) is 0. The highest BCUT2D eigenvalue weighted by Crippen LogP contribution is 2.34. The number of alkyl halides is 3. The molecule has 10 heteroatoms. The minimum Gasteiger partial charge on any atom is -0.339 e. The van der Waals surface area contributed by atoms with Gasteiger partial charge in [0.1, 0.15) is 16.9 Å². The van der Waals surface area contributed by atoms with Gasteiger partial charge in [-0.2, -0.15) is 13.2 Å². The number of thiazole rings is 1. The number of amides is 2. The van der Waals surface area contributed by atoms with E-state index in [-0.39, 0.29) is 23.0 Å². The third kappa shape index (κ3) is 3.98. The predicted octanol–water partition coefficient (Wildman–Crippen LogP) is 3.83. The number of nitrogens with zero attached hydrogens (tertiary/aromatic N) is 3. The van der Waals surface area contributed by atoms with Crippen molar-refractivity contribution in [2.75, 3.05) is 18.4 Å². The van der Waals surface area contributed by atoms with E-state index in [0.29, 0.717) is 11.1 Å². The number of rotatable bonds is 4. The Morgan fingerprint density at radius 2 is 1.83 bits per heavy atom. The molecule has 6 nitrogen and oxygen atoms in total. The van der Waals surface area contributed by atoms with Crippen molar-refractivity contribution in [2.45, 2.75) is 25.4 Å². The summed E-state index contributed by atoms with van der Waals surface area (Å²) in [6.07, 6.45) is -1.40. The minimum atomic E-state index is -4.49. The highest BCUT2D eigenvalue weighted by atomic mass is 32.1. The quantitative estimate of drug-likeness (QED) is 0.695. The van der Waals surface area contributed by atoms with E-state index in [1.54, 1.807) is 24.3 Å². The molecule has 0 saturated carbocycles. The number of benzene rings is 1. The summed E-state index contributed by atoms with van der Waals surface area (Å²) in [5, 5.41) is 3.55. The van der Waals surface area contributed by atoms with Crippen LogP contribution in [0, 0.1) is 0 Å². The number of carbonyl (C=O) groups excluding carboxylic acids is 2. The summed E-state index contributed by atoms with van der Waals surface area (Å²) < 4.78 is 39.7. The highest BCUT2D eigenvalue weighted by molar-refractivity contribution is 7.16. The Labute approximate surface area is 168 Å². The van der Waals surface area contributed by atoms with E-state index >= 15 is 0 Å². The number of carbonyl (C=O) groups is 2. The molecule has 2 amide bonds. The van der Waals surface area contributed by atoms with Gasteiger partial charge in [-0.15, -0.1) is 11.3 Å². The molecule has 0 spiro atoms. The minimum absolute atomic E-state index is 0.0166. The first kappa shape index (κ1) is 19.4. The molecule has 1 fully saturated rings. The van der Waals surface area contributed by atoms with Crippen LogP contribution in [0.25, 0.3) is 4.83 Å². The van der Waals surface area contributed by atoms with Gasteiger partial charge in [-0.1, -0.05) is 12.1 Å². The number of imidazole rings is 1. The lowest BCUT2D eigenvalue weighted by molar-refractivity contribution is -0.141. The Morgan fingerprint density at radius 3 is 2.48 bits per heavy atom. The number of aromatic nitrogens is 2. The molecule has 3 aromatic rings. The molecule has 152 valence electrons. The number of fused-ring (bicyclic) bond motifs is 1. The van der Waals surface area contributed by atoms with Crippen LogP contribution in [0.2, 0.25) is 0 Å². The third-order valence-corrected chi connectivity index (χ3v) is 5.73. The van der Waals surface area contributed by atoms with Crippen molar-refractivity contribution in [3.63, 3.8) is 0 Å². The number of anilines is 1. The van der Waals surface area contributed by atoms with Gasteiger partial charge in [0.25, 0.3) is 5.91 Å². The van der Waals surface area contributed by atoms with Crippen molar-refractivity contribution in [1.82, 2.24) is 14.3 Å². The average molecular weight is 422 g/mol. The zero-order valence-electron chi connectivity index (χ0n) is 15.2. The van der Waals surface area contributed by atoms with E-state index in [4.69, 9.17) is 0 Å². The van der Waals surface area contributed by atoms with Crippen molar-refractivity contribution in [3.8, 4) is 0 Å². The van der Waals surface area contributed by atoms with Gasteiger partial charge in [-0.05, 0) is 30.5 Å². The van der Waals surface area contributed by atoms with Crippen LogP contribution >= 0.6 is 11.3 Å². The molecule has 0 aliphatic carbocycles. The smallest absolute Gasteiger partial charge is 0.339 e. The standard InChI is InChI=1S/C19H17F3N4O2S/c20-19(21,22)14-10-29-18-16(23-11-26(14)18)24-15(27)9-12-3-5-13(6-4-12)17(28)25-7-1-2-8-25/h3-6,10-11H,1-2,7-9H2,(H,24,27). The number of halogens is 3. The monoisotopic (exact) mass is 422 g/mol. The zero-order valence-corrected chi connectivity index (χ0v) is 16.0. The number of hydrogen-bond acceptors (Lipinski definition) is 4. The fourth-order valence-corrected chi connectivity index (χ4v) is 4.25. The molecule has 1 aliphatic rings. The Bertz CT molecular complexity index is 1050. The second-order valence-corrected chi connectivity index (χ2v) is 7.67. The topological polar surface area (TPSA) is 66.7 Å². The lowest BCUT2D eigenvalue weighted by Gasteiger charge is -2.15. The van der Waals surface area contributed by atoms with Crippen LogP contribution in [-0.2, 0) is 17.4 Å². The predicted molar refractivity (Wildman–Crippen MR) is 102 cm³/mol. The van der Waals surface area contributed by atoms with Crippen molar-refractivity contribution in [1.29, 1.82) is 0 Å². The Hall–Kier alpha value is -2.88. The molecule has 4 rings (SSSR count). The summed E-state index contributed by atoms with van der Waals surface area (Å²) in [6.45, 7) is 1.53. The van der Waals surface area contributed by atoms with Crippen molar-refractivity contribution in [3.05, 3.63) is 52.8 Å². The van der Waals surface area contributed by atoms with E-state index in [0.717, 1.165) is 53.4 Å². The summed E-state index contributed by atoms with van der Waals surface area (Å²) >= 11 is 0.863. The lowest BCUT2D eigenvalue weighted by Crippen LogP contribution is -2.27. The van der Waals surface area contributed by atoms with Crippen molar-refractivity contribution in [2.24, 2.45) is 0 Å². The van der Waals surface area contributed by atoms with Gasteiger partial charge in [-0.25, -0.2) is 4.98 Å². The maximum Gasteiger partial charge on any atom is 0.432 e. The second kappa shape index (κ2) is 7.51. The van der Waals surface area contributed by atoms with Crippen molar-refractivity contribution >= 4 is 33.8 Å². The van der Waals surface area contributed by atoms with Gasteiger partial charge >= 0.3 is 6.18 Å². The fraction of sp³-hybridized carbons (Fsp3) is 0.316.